The molecule has 0 saturated heterocycles. The zero-order valence-corrected chi connectivity index (χ0v) is 15.8. The lowest BCUT2D eigenvalue weighted by Crippen LogP contribution is -2.38. The number of ether oxygens (including phenoxy) is 1. The van der Waals surface area contributed by atoms with Gasteiger partial charge in [-0.25, -0.2) is 9.38 Å². The Bertz CT molecular complexity index is 517. The first-order valence-electron chi connectivity index (χ1n) is 7.80. The average Bonchev–Trinajstić information content (AvgIpc) is 2.55. The van der Waals surface area contributed by atoms with Crippen LogP contribution in [0, 0.1) is 5.82 Å². The lowest BCUT2D eigenvalue weighted by atomic mass is 10.1. The fourth-order valence-electron chi connectivity index (χ4n) is 2.24. The van der Waals surface area contributed by atoms with Crippen LogP contribution in [0.5, 0.6) is 0 Å². The first-order chi connectivity index (χ1) is 10.8. The van der Waals surface area contributed by atoms with E-state index in [1.165, 1.54) is 17.7 Å². The summed E-state index contributed by atoms with van der Waals surface area (Å²) in [5.74, 6) is 0.571. The molecule has 1 aliphatic rings. The van der Waals surface area contributed by atoms with Crippen LogP contribution in [0.2, 0.25) is 0 Å². The number of nitrogens with zero attached hydrogens (tertiary/aromatic N) is 1. The van der Waals surface area contributed by atoms with Gasteiger partial charge in [0, 0.05) is 13.1 Å². The van der Waals surface area contributed by atoms with E-state index in [0.29, 0.717) is 6.54 Å². The molecule has 6 heteroatoms. The van der Waals surface area contributed by atoms with Gasteiger partial charge in [-0.1, -0.05) is 23.8 Å². The summed E-state index contributed by atoms with van der Waals surface area (Å²) in [6, 6.07) is 6.44. The van der Waals surface area contributed by atoms with Crippen LogP contribution in [0.25, 0.3) is 0 Å². The minimum Gasteiger partial charge on any atom is -0.377 e. The molecular formula is C17H25FIN3O. The number of guanidine groups is 1. The van der Waals surface area contributed by atoms with Crippen molar-refractivity contribution in [2.24, 2.45) is 4.99 Å². The summed E-state index contributed by atoms with van der Waals surface area (Å²) in [7, 11) is 0. The first kappa shape index (κ1) is 19.9. The highest BCUT2D eigenvalue weighted by Gasteiger charge is 2.04. The Balaban J connectivity index is 0.00000264. The third kappa shape index (κ3) is 7.78. The molecule has 1 aromatic carbocycles. The first-order valence-corrected chi connectivity index (χ1v) is 7.80. The van der Waals surface area contributed by atoms with E-state index in [1.54, 1.807) is 12.1 Å². The Labute approximate surface area is 154 Å². The van der Waals surface area contributed by atoms with Gasteiger partial charge in [0.15, 0.2) is 5.96 Å². The molecule has 0 bridgehead atoms. The Morgan fingerprint density at radius 3 is 2.70 bits per heavy atom. The molecule has 2 rings (SSSR count). The van der Waals surface area contributed by atoms with E-state index in [0.717, 1.165) is 50.7 Å². The van der Waals surface area contributed by atoms with Crippen molar-refractivity contribution in [1.82, 2.24) is 10.6 Å². The van der Waals surface area contributed by atoms with Crippen molar-refractivity contribution in [3.8, 4) is 0 Å². The molecule has 0 aliphatic carbocycles. The van der Waals surface area contributed by atoms with Gasteiger partial charge < -0.3 is 15.4 Å². The molecule has 128 valence electrons. The van der Waals surface area contributed by atoms with Gasteiger partial charge in [-0.15, -0.1) is 24.0 Å². The van der Waals surface area contributed by atoms with Gasteiger partial charge in [-0.2, -0.15) is 0 Å². The fraction of sp³-hybridized carbons (Fsp3) is 0.471. The van der Waals surface area contributed by atoms with Gasteiger partial charge in [-0.3, -0.25) is 0 Å². The van der Waals surface area contributed by atoms with Crippen molar-refractivity contribution >= 4 is 29.9 Å². The number of hydrogen-bond acceptors (Lipinski definition) is 2. The molecule has 2 N–H and O–H groups in total. The van der Waals surface area contributed by atoms with Crippen LogP contribution < -0.4 is 10.6 Å². The number of halogens is 2. The summed E-state index contributed by atoms with van der Waals surface area (Å²) < 4.78 is 18.2. The Kier molecular flexibility index (Phi) is 9.86. The van der Waals surface area contributed by atoms with Crippen LogP contribution in [0.15, 0.2) is 40.9 Å². The van der Waals surface area contributed by atoms with Crippen molar-refractivity contribution in [2.75, 3.05) is 26.3 Å². The molecule has 1 heterocycles. The summed E-state index contributed by atoms with van der Waals surface area (Å²) in [4.78, 5) is 4.52. The molecule has 1 aliphatic heterocycles. The fourth-order valence-corrected chi connectivity index (χ4v) is 2.24. The summed E-state index contributed by atoms with van der Waals surface area (Å²) in [6.07, 6.45) is 4.18. The van der Waals surface area contributed by atoms with Gasteiger partial charge >= 0.3 is 0 Å². The molecule has 0 saturated carbocycles. The molecule has 0 amide bonds. The second-order valence-electron chi connectivity index (χ2n) is 5.19. The van der Waals surface area contributed by atoms with Crippen molar-refractivity contribution in [3.05, 3.63) is 47.3 Å². The predicted octanol–water partition coefficient (Wildman–Crippen LogP) is 3.24. The van der Waals surface area contributed by atoms with Gasteiger partial charge in [0.1, 0.15) is 5.82 Å². The second kappa shape index (κ2) is 11.4. The lowest BCUT2D eigenvalue weighted by Gasteiger charge is -2.15. The van der Waals surface area contributed by atoms with Gasteiger partial charge in [0.25, 0.3) is 0 Å². The number of hydrogen-bond donors (Lipinski definition) is 2. The highest BCUT2D eigenvalue weighted by Crippen LogP contribution is 2.10. The smallest absolute Gasteiger partial charge is 0.191 e. The minimum absolute atomic E-state index is 0. The molecule has 0 unspecified atom stereocenters. The number of benzene rings is 1. The Morgan fingerprint density at radius 2 is 2.04 bits per heavy atom. The molecule has 0 radical (unpaired) electrons. The SMILES string of the molecule is CCNC(=NCc1ccc(F)cc1)NCCC1=CCOCC1.I. The van der Waals surface area contributed by atoms with Crippen molar-refractivity contribution < 1.29 is 9.13 Å². The highest BCUT2D eigenvalue weighted by atomic mass is 127. The maximum Gasteiger partial charge on any atom is 0.191 e. The second-order valence-corrected chi connectivity index (χ2v) is 5.19. The molecule has 0 aromatic heterocycles. The van der Waals surface area contributed by atoms with Crippen molar-refractivity contribution in [1.29, 1.82) is 0 Å². The number of aliphatic imine (C=N–C) groups is 1. The highest BCUT2D eigenvalue weighted by molar-refractivity contribution is 14.0. The topological polar surface area (TPSA) is 45.7 Å². The molecule has 1 aromatic rings. The van der Waals surface area contributed by atoms with E-state index in [4.69, 9.17) is 4.74 Å². The van der Waals surface area contributed by atoms with Gasteiger partial charge in [0.2, 0.25) is 0 Å². The summed E-state index contributed by atoms with van der Waals surface area (Å²) in [5, 5.41) is 6.56. The largest absolute Gasteiger partial charge is 0.377 e. The van der Waals surface area contributed by atoms with Crippen LogP contribution in [-0.2, 0) is 11.3 Å². The van der Waals surface area contributed by atoms with Gasteiger partial charge in [-0.05, 0) is 37.5 Å². The molecule has 0 atom stereocenters. The van der Waals surface area contributed by atoms with E-state index in [9.17, 15) is 4.39 Å². The zero-order chi connectivity index (χ0) is 15.6. The summed E-state index contributed by atoms with van der Waals surface area (Å²) in [6.45, 7) is 5.79. The average molecular weight is 433 g/mol. The number of nitrogens with one attached hydrogen (secondary N) is 2. The molecule has 0 spiro atoms. The van der Waals surface area contributed by atoms with E-state index in [1.807, 2.05) is 6.92 Å². The third-order valence-corrected chi connectivity index (χ3v) is 3.47. The van der Waals surface area contributed by atoms with E-state index in [2.05, 4.69) is 21.7 Å². The lowest BCUT2D eigenvalue weighted by molar-refractivity contribution is 0.153. The van der Waals surface area contributed by atoms with Crippen LogP contribution >= 0.6 is 24.0 Å². The quantitative estimate of drug-likeness (QED) is 0.314. The van der Waals surface area contributed by atoms with E-state index < -0.39 is 0 Å². The van der Waals surface area contributed by atoms with Crippen molar-refractivity contribution in [3.63, 3.8) is 0 Å². The van der Waals surface area contributed by atoms with Crippen LogP contribution in [0.1, 0.15) is 25.3 Å². The number of rotatable bonds is 6. The Morgan fingerprint density at radius 1 is 1.26 bits per heavy atom. The third-order valence-electron chi connectivity index (χ3n) is 3.47. The van der Waals surface area contributed by atoms with E-state index >= 15 is 0 Å². The van der Waals surface area contributed by atoms with Crippen molar-refractivity contribution in [2.45, 2.75) is 26.3 Å². The minimum atomic E-state index is -0.220. The summed E-state index contributed by atoms with van der Waals surface area (Å²) >= 11 is 0. The molecule has 0 fully saturated rings. The maximum absolute atomic E-state index is 12.9. The van der Waals surface area contributed by atoms with Gasteiger partial charge in [0.05, 0.1) is 19.8 Å². The summed E-state index contributed by atoms with van der Waals surface area (Å²) in [5.41, 5.74) is 2.43. The normalized spacial score (nSPS) is 14.7. The maximum atomic E-state index is 12.9. The van der Waals surface area contributed by atoms with Crippen LogP contribution in [0.4, 0.5) is 4.39 Å². The van der Waals surface area contributed by atoms with Crippen LogP contribution in [-0.4, -0.2) is 32.3 Å². The predicted molar refractivity (Wildman–Crippen MR) is 103 cm³/mol. The van der Waals surface area contributed by atoms with E-state index in [-0.39, 0.29) is 29.8 Å². The standard InChI is InChI=1S/C17H24FN3O.HI/c1-2-19-17(20-10-7-14-8-11-22-12-9-14)21-13-15-3-5-16(18)6-4-15;/h3-6,8H,2,7,9-13H2,1H3,(H2,19,20,21);1H. The monoisotopic (exact) mass is 433 g/mol. The molecule has 23 heavy (non-hydrogen) atoms. The molecule has 4 nitrogen and oxygen atoms in total. The Hall–Kier alpha value is -1.15. The molecular weight excluding hydrogens is 408 g/mol. The van der Waals surface area contributed by atoms with Crippen LogP contribution in [0.3, 0.4) is 0 Å². The zero-order valence-electron chi connectivity index (χ0n) is 13.5.